The number of nitrogens with zero attached hydrogens (tertiary/aromatic N) is 2. The number of aromatic nitrogens is 2. The van der Waals surface area contributed by atoms with Gasteiger partial charge in [0.1, 0.15) is 0 Å². The first-order valence-corrected chi connectivity index (χ1v) is 13.4. The van der Waals surface area contributed by atoms with Crippen molar-refractivity contribution in [3.05, 3.63) is 69.0 Å². The molecule has 0 aliphatic heterocycles. The number of ketones is 1. The number of hydrogen-bond acceptors (Lipinski definition) is 6. The average molecular weight is 508 g/mol. The fourth-order valence-electron chi connectivity index (χ4n) is 4.68. The van der Waals surface area contributed by atoms with Crippen LogP contribution in [0.25, 0.3) is 10.9 Å². The standard InChI is InChI=1S/C28H33N3O4S/c1-18-9-11-22(19(2)15-18)25(32)17-36-28-30-24-16-20(26(33)29-21-7-5-4-6-8-21)10-12-23(24)27(34)31(28)13-14-35-3/h9-12,15-16,21H,4-8,13-14,17H2,1-3H3,(H,29,33). The van der Waals surface area contributed by atoms with Crippen LogP contribution < -0.4 is 10.9 Å². The van der Waals surface area contributed by atoms with Gasteiger partial charge < -0.3 is 10.1 Å². The molecule has 3 aromatic rings. The lowest BCUT2D eigenvalue weighted by atomic mass is 9.95. The van der Waals surface area contributed by atoms with Crippen LogP contribution in [-0.4, -0.2) is 46.8 Å². The van der Waals surface area contributed by atoms with E-state index in [0.717, 1.165) is 36.8 Å². The number of ether oxygens (including phenoxy) is 1. The van der Waals surface area contributed by atoms with Crippen LogP contribution in [0.2, 0.25) is 0 Å². The zero-order valence-corrected chi connectivity index (χ0v) is 22.0. The van der Waals surface area contributed by atoms with Crippen LogP contribution >= 0.6 is 11.8 Å². The summed E-state index contributed by atoms with van der Waals surface area (Å²) in [4.78, 5) is 43.9. The van der Waals surface area contributed by atoms with Gasteiger partial charge >= 0.3 is 0 Å². The first-order chi connectivity index (χ1) is 17.4. The lowest BCUT2D eigenvalue weighted by molar-refractivity contribution is 0.0927. The Labute approximate surface area is 215 Å². The normalized spacial score (nSPS) is 14.2. The topological polar surface area (TPSA) is 90.3 Å². The Bertz CT molecular complexity index is 1330. The Kier molecular flexibility index (Phi) is 8.59. The molecule has 1 fully saturated rings. The van der Waals surface area contributed by atoms with E-state index in [0.29, 0.717) is 40.3 Å². The minimum Gasteiger partial charge on any atom is -0.383 e. The summed E-state index contributed by atoms with van der Waals surface area (Å²) in [7, 11) is 1.58. The van der Waals surface area contributed by atoms with E-state index in [4.69, 9.17) is 9.72 Å². The molecule has 7 nitrogen and oxygen atoms in total. The maximum absolute atomic E-state index is 13.3. The molecule has 190 valence electrons. The summed E-state index contributed by atoms with van der Waals surface area (Å²) in [6.45, 7) is 4.58. The highest BCUT2D eigenvalue weighted by Gasteiger charge is 2.19. The molecule has 1 aliphatic rings. The molecule has 0 radical (unpaired) electrons. The van der Waals surface area contributed by atoms with E-state index in [2.05, 4.69) is 5.32 Å². The highest BCUT2D eigenvalue weighted by molar-refractivity contribution is 7.99. The largest absolute Gasteiger partial charge is 0.383 e. The second-order valence-electron chi connectivity index (χ2n) is 9.41. The molecular weight excluding hydrogens is 474 g/mol. The second-order valence-corrected chi connectivity index (χ2v) is 10.4. The van der Waals surface area contributed by atoms with Gasteiger partial charge in [0.2, 0.25) is 0 Å². The Morgan fingerprint density at radius 3 is 2.61 bits per heavy atom. The van der Waals surface area contributed by atoms with Crippen molar-refractivity contribution in [2.75, 3.05) is 19.5 Å². The van der Waals surface area contributed by atoms with Crippen molar-refractivity contribution < 1.29 is 14.3 Å². The molecule has 1 N–H and O–H groups in total. The third-order valence-electron chi connectivity index (χ3n) is 6.66. The van der Waals surface area contributed by atoms with Crippen molar-refractivity contribution >= 4 is 34.4 Å². The number of thioether (sulfide) groups is 1. The van der Waals surface area contributed by atoms with E-state index in [-0.39, 0.29) is 29.0 Å². The molecule has 1 heterocycles. The van der Waals surface area contributed by atoms with Crippen molar-refractivity contribution in [3.8, 4) is 0 Å². The molecule has 0 spiro atoms. The van der Waals surface area contributed by atoms with Gasteiger partial charge in [0.25, 0.3) is 11.5 Å². The Morgan fingerprint density at radius 1 is 1.11 bits per heavy atom. The Morgan fingerprint density at radius 2 is 1.89 bits per heavy atom. The summed E-state index contributed by atoms with van der Waals surface area (Å²) in [5.74, 6) is -0.0180. The van der Waals surface area contributed by atoms with Crippen LogP contribution in [0, 0.1) is 13.8 Å². The maximum atomic E-state index is 13.3. The van der Waals surface area contributed by atoms with Crippen LogP contribution in [0.15, 0.2) is 46.3 Å². The molecule has 1 aromatic heterocycles. The van der Waals surface area contributed by atoms with Gasteiger partial charge in [0.15, 0.2) is 10.9 Å². The molecule has 0 unspecified atom stereocenters. The highest BCUT2D eigenvalue weighted by Crippen LogP contribution is 2.22. The van der Waals surface area contributed by atoms with Crippen LogP contribution in [0.3, 0.4) is 0 Å². The number of methoxy groups -OCH3 is 1. The van der Waals surface area contributed by atoms with Crippen LogP contribution in [0.4, 0.5) is 0 Å². The molecule has 36 heavy (non-hydrogen) atoms. The zero-order chi connectivity index (χ0) is 25.7. The van der Waals surface area contributed by atoms with E-state index in [1.807, 2.05) is 32.0 Å². The molecule has 0 saturated heterocycles. The number of amides is 1. The van der Waals surface area contributed by atoms with Crippen molar-refractivity contribution in [1.29, 1.82) is 0 Å². The lowest BCUT2D eigenvalue weighted by Crippen LogP contribution is -2.36. The summed E-state index contributed by atoms with van der Waals surface area (Å²) in [5.41, 5.74) is 3.42. The minimum atomic E-state index is -0.210. The van der Waals surface area contributed by atoms with Gasteiger partial charge in [-0.05, 0) is 50.5 Å². The van der Waals surface area contributed by atoms with Gasteiger partial charge in [0.05, 0.1) is 29.8 Å². The SMILES string of the molecule is COCCn1c(SCC(=O)c2ccc(C)cc2C)nc2cc(C(=O)NC3CCCCC3)ccc2c1=O. The van der Waals surface area contributed by atoms with Crippen molar-refractivity contribution in [2.24, 2.45) is 0 Å². The Balaban J connectivity index is 1.61. The van der Waals surface area contributed by atoms with E-state index < -0.39 is 0 Å². The fraction of sp³-hybridized carbons (Fsp3) is 0.429. The van der Waals surface area contributed by atoms with Crippen molar-refractivity contribution in [3.63, 3.8) is 0 Å². The van der Waals surface area contributed by atoms with E-state index in [9.17, 15) is 14.4 Å². The van der Waals surface area contributed by atoms with Gasteiger partial charge in [-0.25, -0.2) is 4.98 Å². The van der Waals surface area contributed by atoms with Crippen molar-refractivity contribution in [2.45, 2.75) is 63.7 Å². The average Bonchev–Trinajstić information content (AvgIpc) is 2.87. The number of nitrogens with one attached hydrogen (secondary N) is 1. The summed E-state index contributed by atoms with van der Waals surface area (Å²) in [6, 6.07) is 11.0. The maximum Gasteiger partial charge on any atom is 0.262 e. The van der Waals surface area contributed by atoms with Gasteiger partial charge in [-0.15, -0.1) is 0 Å². The molecule has 1 aliphatic carbocycles. The van der Waals surface area contributed by atoms with Crippen LogP contribution in [0.1, 0.15) is 63.9 Å². The lowest BCUT2D eigenvalue weighted by Gasteiger charge is -2.22. The molecule has 0 atom stereocenters. The summed E-state index contributed by atoms with van der Waals surface area (Å²) in [6.07, 6.45) is 5.47. The predicted octanol–water partition coefficient (Wildman–Crippen LogP) is 4.70. The molecule has 1 saturated carbocycles. The summed E-state index contributed by atoms with van der Waals surface area (Å²) >= 11 is 1.23. The minimum absolute atomic E-state index is 0.0225. The molecule has 4 rings (SSSR count). The summed E-state index contributed by atoms with van der Waals surface area (Å²) in [5, 5.41) is 3.99. The van der Waals surface area contributed by atoms with E-state index >= 15 is 0 Å². The number of carbonyl (C=O) groups excluding carboxylic acids is 2. The molecule has 1 amide bonds. The molecular formula is C28H33N3O4S. The number of rotatable bonds is 9. The highest BCUT2D eigenvalue weighted by atomic mass is 32.2. The number of carbonyl (C=O) groups is 2. The third-order valence-corrected chi connectivity index (χ3v) is 7.63. The smallest absolute Gasteiger partial charge is 0.262 e. The van der Waals surface area contributed by atoms with Crippen LogP contribution in [0.5, 0.6) is 0 Å². The van der Waals surface area contributed by atoms with Crippen LogP contribution in [-0.2, 0) is 11.3 Å². The molecule has 2 aromatic carbocycles. The van der Waals surface area contributed by atoms with E-state index in [1.165, 1.54) is 18.2 Å². The number of benzene rings is 2. The number of Topliss-reactive ketones (excluding diaryl/α,β-unsaturated/α-hetero) is 1. The summed E-state index contributed by atoms with van der Waals surface area (Å²) < 4.78 is 6.74. The van der Waals surface area contributed by atoms with Gasteiger partial charge in [-0.1, -0.05) is 54.8 Å². The van der Waals surface area contributed by atoms with E-state index in [1.54, 1.807) is 29.9 Å². The Hall–Kier alpha value is -2.97. The second kappa shape index (κ2) is 11.8. The number of aryl methyl sites for hydroxylation is 2. The predicted molar refractivity (Wildman–Crippen MR) is 143 cm³/mol. The molecule has 0 bridgehead atoms. The first-order valence-electron chi connectivity index (χ1n) is 12.4. The fourth-order valence-corrected chi connectivity index (χ4v) is 5.59. The van der Waals surface area contributed by atoms with Gasteiger partial charge in [-0.3, -0.25) is 19.0 Å². The quantitative estimate of drug-likeness (QED) is 0.257. The zero-order valence-electron chi connectivity index (χ0n) is 21.1. The first kappa shape index (κ1) is 26.1. The monoisotopic (exact) mass is 507 g/mol. The van der Waals surface area contributed by atoms with Gasteiger partial charge in [0, 0.05) is 24.3 Å². The van der Waals surface area contributed by atoms with Gasteiger partial charge in [-0.2, -0.15) is 0 Å². The number of hydrogen-bond donors (Lipinski definition) is 1. The van der Waals surface area contributed by atoms with Crippen molar-refractivity contribution in [1.82, 2.24) is 14.9 Å². The number of fused-ring (bicyclic) bond motifs is 1. The third kappa shape index (κ3) is 6.05. The molecule has 8 heteroatoms.